The second kappa shape index (κ2) is 9.97. The van der Waals surface area contributed by atoms with Crippen LogP contribution in [0.25, 0.3) is 0 Å². The Hall–Kier alpha value is -0.500. The van der Waals surface area contributed by atoms with Crippen LogP contribution >= 0.6 is 0 Å². The zero-order chi connectivity index (χ0) is 23.5. The summed E-state index contributed by atoms with van der Waals surface area (Å²) in [5.74, 6) is -1.86. The molecule has 30 heavy (non-hydrogen) atoms. The van der Waals surface area contributed by atoms with Gasteiger partial charge in [0.1, 0.15) is 0 Å². The van der Waals surface area contributed by atoms with Gasteiger partial charge >= 0.3 is 0 Å². The molecule has 3 unspecified atom stereocenters. The Morgan fingerprint density at radius 3 is 2.07 bits per heavy atom. The zero-order valence-corrected chi connectivity index (χ0v) is 20.3. The first-order valence-corrected chi connectivity index (χ1v) is 11.3. The van der Waals surface area contributed by atoms with Crippen molar-refractivity contribution in [2.24, 2.45) is 22.7 Å². The summed E-state index contributed by atoms with van der Waals surface area (Å²) in [4.78, 5) is 0. The number of hydrogen-bond donors (Lipinski definition) is 5. The Labute approximate surface area is 183 Å². The lowest BCUT2D eigenvalue weighted by atomic mass is 9.53. The molecule has 0 aromatic rings. The molecule has 4 atom stereocenters. The average Bonchev–Trinajstić information content (AvgIpc) is 2.62. The average molecular weight is 431 g/mol. The number of ether oxygens (including phenoxy) is 1. The Balaban J connectivity index is 3.46. The normalized spacial score (nSPS) is 27.3. The Morgan fingerprint density at radius 2 is 1.67 bits per heavy atom. The van der Waals surface area contributed by atoms with Gasteiger partial charge in [0.05, 0.1) is 31.0 Å². The van der Waals surface area contributed by atoms with Gasteiger partial charge in [-0.15, -0.1) is 0 Å². The standard InChI is InChI=1S/C24H46O6/c1-9-12-21(4,5)18-11-10-17(16(2)3)20(27)23(18,8)13-19(22(6,7)28)30-24(29,14-25)15-26/h10,16,18-20,25-29H,9,11-15H2,1-8H3/t18?,19?,20?,23-/m1/s1. The van der Waals surface area contributed by atoms with E-state index in [0.717, 1.165) is 24.8 Å². The number of hydrogen-bond acceptors (Lipinski definition) is 6. The molecule has 0 saturated carbocycles. The highest BCUT2D eigenvalue weighted by atomic mass is 16.7. The summed E-state index contributed by atoms with van der Waals surface area (Å²) in [6.45, 7) is 14.3. The van der Waals surface area contributed by atoms with Crippen molar-refractivity contribution in [2.45, 2.75) is 105 Å². The van der Waals surface area contributed by atoms with Crippen molar-refractivity contribution in [3.63, 3.8) is 0 Å². The van der Waals surface area contributed by atoms with Crippen LogP contribution in [0.3, 0.4) is 0 Å². The van der Waals surface area contributed by atoms with Crippen LogP contribution in [0.15, 0.2) is 11.6 Å². The Morgan fingerprint density at radius 1 is 1.13 bits per heavy atom. The quantitative estimate of drug-likeness (QED) is 0.255. The number of aliphatic hydroxyl groups excluding tert-OH is 3. The summed E-state index contributed by atoms with van der Waals surface area (Å²) < 4.78 is 5.71. The molecule has 1 rings (SSSR count). The predicted octanol–water partition coefficient (Wildman–Crippen LogP) is 3.00. The van der Waals surface area contributed by atoms with Crippen molar-refractivity contribution in [3.05, 3.63) is 11.6 Å². The maximum atomic E-state index is 11.5. The van der Waals surface area contributed by atoms with E-state index in [-0.39, 0.29) is 23.7 Å². The fourth-order valence-corrected chi connectivity index (χ4v) is 5.27. The number of rotatable bonds is 11. The smallest absolute Gasteiger partial charge is 0.213 e. The van der Waals surface area contributed by atoms with Gasteiger partial charge in [-0.05, 0) is 55.9 Å². The third-order valence-corrected chi connectivity index (χ3v) is 7.10. The highest BCUT2D eigenvalue weighted by Crippen LogP contribution is 2.55. The molecule has 0 spiro atoms. The van der Waals surface area contributed by atoms with E-state index in [4.69, 9.17) is 4.74 Å². The molecular formula is C24H46O6. The molecule has 0 bridgehead atoms. The fourth-order valence-electron chi connectivity index (χ4n) is 5.27. The van der Waals surface area contributed by atoms with Crippen molar-refractivity contribution >= 4 is 0 Å². The van der Waals surface area contributed by atoms with Gasteiger partial charge in [-0.3, -0.25) is 0 Å². The van der Waals surface area contributed by atoms with E-state index >= 15 is 0 Å². The molecule has 0 radical (unpaired) electrons. The van der Waals surface area contributed by atoms with Gasteiger partial charge in [0, 0.05) is 5.41 Å². The van der Waals surface area contributed by atoms with Crippen LogP contribution in [0, 0.1) is 22.7 Å². The second-order valence-electron chi connectivity index (χ2n) is 11.0. The molecule has 0 saturated heterocycles. The van der Waals surface area contributed by atoms with E-state index in [1.807, 2.05) is 6.92 Å². The molecule has 1 aliphatic rings. The van der Waals surface area contributed by atoms with Crippen LogP contribution in [0.4, 0.5) is 0 Å². The summed E-state index contributed by atoms with van der Waals surface area (Å²) in [5.41, 5.74) is -1.07. The first-order valence-electron chi connectivity index (χ1n) is 11.3. The van der Waals surface area contributed by atoms with E-state index in [1.54, 1.807) is 13.8 Å². The van der Waals surface area contributed by atoms with E-state index in [2.05, 4.69) is 40.7 Å². The first kappa shape index (κ1) is 27.5. The van der Waals surface area contributed by atoms with E-state index in [0.29, 0.717) is 0 Å². The number of aliphatic hydroxyl groups is 5. The lowest BCUT2D eigenvalue weighted by Crippen LogP contribution is -2.56. The first-order chi connectivity index (χ1) is 13.6. The molecule has 178 valence electrons. The van der Waals surface area contributed by atoms with Gasteiger partial charge in [-0.25, -0.2) is 0 Å². The van der Waals surface area contributed by atoms with Gasteiger partial charge in [0.25, 0.3) is 0 Å². The van der Waals surface area contributed by atoms with Crippen molar-refractivity contribution in [1.29, 1.82) is 0 Å². The summed E-state index contributed by atoms with van der Waals surface area (Å²) in [6.07, 6.45) is 3.63. The fraction of sp³-hybridized carbons (Fsp3) is 0.917. The molecule has 0 fully saturated rings. The van der Waals surface area contributed by atoms with Gasteiger partial charge in [0.2, 0.25) is 5.79 Å². The minimum absolute atomic E-state index is 0.0576. The van der Waals surface area contributed by atoms with Crippen LogP contribution in [-0.4, -0.2) is 62.3 Å². The van der Waals surface area contributed by atoms with Crippen LogP contribution in [0.2, 0.25) is 0 Å². The third kappa shape index (κ3) is 6.05. The van der Waals surface area contributed by atoms with E-state index in [9.17, 15) is 25.5 Å². The molecule has 6 heteroatoms. The summed E-state index contributed by atoms with van der Waals surface area (Å²) in [5, 5.41) is 51.8. The van der Waals surface area contributed by atoms with Gasteiger partial charge in [0.15, 0.2) is 0 Å². The van der Waals surface area contributed by atoms with Crippen molar-refractivity contribution in [1.82, 2.24) is 0 Å². The molecule has 1 aliphatic carbocycles. The molecular weight excluding hydrogens is 384 g/mol. The van der Waals surface area contributed by atoms with Crippen molar-refractivity contribution in [3.8, 4) is 0 Å². The molecule has 6 nitrogen and oxygen atoms in total. The SMILES string of the molecule is CCCC(C)(C)C1CC=C(C(C)C)C(O)[C@]1(C)CC(OC(O)(CO)CO)C(C)(C)O. The number of allylic oxidation sites excluding steroid dienone is 1. The predicted molar refractivity (Wildman–Crippen MR) is 119 cm³/mol. The third-order valence-electron chi connectivity index (χ3n) is 7.10. The summed E-state index contributed by atoms with van der Waals surface area (Å²) >= 11 is 0. The van der Waals surface area contributed by atoms with Crippen LogP contribution in [-0.2, 0) is 4.74 Å². The molecule has 5 N–H and O–H groups in total. The van der Waals surface area contributed by atoms with Gasteiger partial charge in [-0.2, -0.15) is 0 Å². The van der Waals surface area contributed by atoms with Crippen molar-refractivity contribution < 1.29 is 30.3 Å². The largest absolute Gasteiger partial charge is 0.391 e. The second-order valence-corrected chi connectivity index (χ2v) is 11.0. The van der Waals surface area contributed by atoms with Crippen molar-refractivity contribution in [2.75, 3.05) is 13.2 Å². The van der Waals surface area contributed by atoms with Gasteiger partial charge < -0.3 is 30.3 Å². The molecule has 0 heterocycles. The lowest BCUT2D eigenvalue weighted by molar-refractivity contribution is -0.294. The monoisotopic (exact) mass is 430 g/mol. The molecule has 0 aromatic heterocycles. The lowest BCUT2D eigenvalue weighted by Gasteiger charge is -2.54. The maximum Gasteiger partial charge on any atom is 0.213 e. The maximum absolute atomic E-state index is 11.5. The summed E-state index contributed by atoms with van der Waals surface area (Å²) in [6, 6.07) is 0. The highest BCUT2D eigenvalue weighted by molar-refractivity contribution is 5.22. The van der Waals surface area contributed by atoms with E-state index in [1.165, 1.54) is 0 Å². The van der Waals surface area contributed by atoms with Crippen LogP contribution in [0.1, 0.15) is 81.1 Å². The summed E-state index contributed by atoms with van der Waals surface area (Å²) in [7, 11) is 0. The molecule has 0 aromatic carbocycles. The van der Waals surface area contributed by atoms with Crippen LogP contribution in [0.5, 0.6) is 0 Å². The Kier molecular flexibility index (Phi) is 9.15. The van der Waals surface area contributed by atoms with Crippen LogP contribution < -0.4 is 0 Å². The minimum atomic E-state index is -2.16. The highest BCUT2D eigenvalue weighted by Gasteiger charge is 2.53. The molecule has 0 aliphatic heterocycles. The topological polar surface area (TPSA) is 110 Å². The van der Waals surface area contributed by atoms with Gasteiger partial charge in [-0.1, -0.05) is 54.0 Å². The molecule has 0 amide bonds. The Bertz CT molecular complexity index is 573. The van der Waals surface area contributed by atoms with E-state index < -0.39 is 42.2 Å². The zero-order valence-electron chi connectivity index (χ0n) is 20.3. The minimum Gasteiger partial charge on any atom is -0.391 e.